The first kappa shape index (κ1) is 5.65. The number of rotatable bonds is 0. The SMILES string of the molecule is OC12CCCCC1(O)O2. The molecule has 0 aromatic heterocycles. The van der Waals surface area contributed by atoms with E-state index in [9.17, 15) is 10.2 Å². The van der Waals surface area contributed by atoms with Crippen molar-refractivity contribution in [2.45, 2.75) is 37.3 Å². The van der Waals surface area contributed by atoms with Crippen LogP contribution in [0.1, 0.15) is 25.7 Å². The highest BCUT2D eigenvalue weighted by atomic mass is 16.8. The van der Waals surface area contributed by atoms with E-state index in [0.717, 1.165) is 12.8 Å². The van der Waals surface area contributed by atoms with Crippen LogP contribution in [0.5, 0.6) is 0 Å². The van der Waals surface area contributed by atoms with Gasteiger partial charge in [0.25, 0.3) is 0 Å². The molecule has 52 valence electrons. The molecule has 0 amide bonds. The molecule has 0 aromatic rings. The summed E-state index contributed by atoms with van der Waals surface area (Å²) in [6.07, 6.45) is 3.09. The zero-order chi connectivity index (χ0) is 6.54. The van der Waals surface area contributed by atoms with Crippen molar-refractivity contribution >= 4 is 0 Å². The molecule has 2 N–H and O–H groups in total. The predicted molar refractivity (Wildman–Crippen MR) is 29.5 cm³/mol. The average Bonchev–Trinajstić information content (AvgIpc) is 2.33. The Balaban J connectivity index is 2.15. The highest BCUT2D eigenvalue weighted by molar-refractivity contribution is 5.02. The molecule has 2 fully saturated rings. The molecule has 1 heterocycles. The van der Waals surface area contributed by atoms with E-state index >= 15 is 0 Å². The molecule has 1 aliphatic carbocycles. The van der Waals surface area contributed by atoms with Gasteiger partial charge in [-0.2, -0.15) is 0 Å². The first-order valence-electron chi connectivity index (χ1n) is 3.31. The quantitative estimate of drug-likeness (QED) is 0.453. The fourth-order valence-electron chi connectivity index (χ4n) is 1.48. The van der Waals surface area contributed by atoms with Crippen molar-refractivity contribution in [3.8, 4) is 0 Å². The first-order chi connectivity index (χ1) is 4.16. The Kier molecular flexibility index (Phi) is 0.822. The second-order valence-corrected chi connectivity index (χ2v) is 2.88. The number of aliphatic hydroxyl groups is 2. The summed E-state index contributed by atoms with van der Waals surface area (Å²) in [5.74, 6) is -2.32. The Labute approximate surface area is 53.3 Å². The average molecular weight is 130 g/mol. The number of epoxide rings is 1. The smallest absolute Gasteiger partial charge is 0.223 e. The van der Waals surface area contributed by atoms with Gasteiger partial charge in [0, 0.05) is 12.8 Å². The minimum absolute atomic E-state index is 0.587. The third kappa shape index (κ3) is 0.569. The van der Waals surface area contributed by atoms with E-state index in [2.05, 4.69) is 0 Å². The van der Waals surface area contributed by atoms with E-state index in [1.807, 2.05) is 0 Å². The third-order valence-electron chi connectivity index (χ3n) is 2.19. The van der Waals surface area contributed by atoms with E-state index in [-0.39, 0.29) is 0 Å². The molecule has 3 nitrogen and oxygen atoms in total. The number of hydrogen-bond acceptors (Lipinski definition) is 3. The van der Waals surface area contributed by atoms with Crippen LogP contribution in [0.15, 0.2) is 0 Å². The normalized spacial score (nSPS) is 56.7. The highest BCUT2D eigenvalue weighted by Gasteiger charge is 2.70. The number of fused-ring (bicyclic) bond motifs is 1. The van der Waals surface area contributed by atoms with Gasteiger partial charge in [-0.15, -0.1) is 0 Å². The summed E-state index contributed by atoms with van der Waals surface area (Å²) in [5, 5.41) is 18.5. The summed E-state index contributed by atoms with van der Waals surface area (Å²) < 4.78 is 4.76. The fraction of sp³-hybridized carbons (Fsp3) is 1.00. The molecule has 1 saturated carbocycles. The van der Waals surface area contributed by atoms with Crippen LogP contribution in [0, 0.1) is 0 Å². The van der Waals surface area contributed by atoms with Crippen molar-refractivity contribution in [1.29, 1.82) is 0 Å². The molecule has 2 rings (SSSR count). The molecule has 0 radical (unpaired) electrons. The monoisotopic (exact) mass is 130 g/mol. The lowest BCUT2D eigenvalue weighted by molar-refractivity contribution is -0.00865. The molecule has 2 atom stereocenters. The van der Waals surface area contributed by atoms with Crippen molar-refractivity contribution in [2.24, 2.45) is 0 Å². The zero-order valence-corrected chi connectivity index (χ0v) is 5.13. The van der Waals surface area contributed by atoms with Gasteiger partial charge in [-0.3, -0.25) is 0 Å². The highest BCUT2D eigenvalue weighted by Crippen LogP contribution is 2.53. The van der Waals surface area contributed by atoms with E-state index in [0.29, 0.717) is 12.8 Å². The zero-order valence-electron chi connectivity index (χ0n) is 5.13. The van der Waals surface area contributed by atoms with Crippen LogP contribution < -0.4 is 0 Å². The minimum atomic E-state index is -1.16. The molecule has 0 aromatic carbocycles. The maximum absolute atomic E-state index is 9.24. The second-order valence-electron chi connectivity index (χ2n) is 2.88. The van der Waals surface area contributed by atoms with Crippen LogP contribution in [-0.2, 0) is 4.74 Å². The molecule has 2 aliphatic rings. The molecule has 1 aliphatic heterocycles. The van der Waals surface area contributed by atoms with Gasteiger partial charge in [-0.05, 0) is 12.8 Å². The fourth-order valence-corrected chi connectivity index (χ4v) is 1.48. The summed E-state index contributed by atoms with van der Waals surface area (Å²) >= 11 is 0. The molecule has 0 spiro atoms. The standard InChI is InChI=1S/C6H10O3/c7-5-3-1-2-4-6(5,8)9-5/h7-8H,1-4H2. The van der Waals surface area contributed by atoms with E-state index in [1.165, 1.54) is 0 Å². The molecule has 1 saturated heterocycles. The van der Waals surface area contributed by atoms with Crippen LogP contribution in [0.2, 0.25) is 0 Å². The van der Waals surface area contributed by atoms with Gasteiger partial charge in [0.1, 0.15) is 0 Å². The summed E-state index contributed by atoms with van der Waals surface area (Å²) in [7, 11) is 0. The Morgan fingerprint density at radius 2 is 1.44 bits per heavy atom. The lowest BCUT2D eigenvalue weighted by Gasteiger charge is -2.14. The minimum Gasteiger partial charge on any atom is -0.361 e. The first-order valence-corrected chi connectivity index (χ1v) is 3.31. The van der Waals surface area contributed by atoms with Crippen molar-refractivity contribution in [3.05, 3.63) is 0 Å². The summed E-state index contributed by atoms with van der Waals surface area (Å²) in [6.45, 7) is 0. The summed E-state index contributed by atoms with van der Waals surface area (Å²) in [4.78, 5) is 0. The molecule has 2 unspecified atom stereocenters. The second kappa shape index (κ2) is 1.31. The summed E-state index contributed by atoms with van der Waals surface area (Å²) in [5.41, 5.74) is 0. The number of ether oxygens (including phenoxy) is 1. The Hall–Kier alpha value is -0.120. The van der Waals surface area contributed by atoms with Crippen molar-refractivity contribution in [3.63, 3.8) is 0 Å². The van der Waals surface area contributed by atoms with E-state index < -0.39 is 11.6 Å². The number of hydrogen-bond donors (Lipinski definition) is 2. The van der Waals surface area contributed by atoms with Gasteiger partial charge in [-0.25, -0.2) is 0 Å². The maximum Gasteiger partial charge on any atom is 0.223 e. The van der Waals surface area contributed by atoms with Crippen LogP contribution in [0.4, 0.5) is 0 Å². The molecule has 9 heavy (non-hydrogen) atoms. The predicted octanol–water partition coefficient (Wildman–Crippen LogP) is -0.0322. The van der Waals surface area contributed by atoms with Gasteiger partial charge < -0.3 is 14.9 Å². The van der Waals surface area contributed by atoms with Gasteiger partial charge in [0.15, 0.2) is 0 Å². The largest absolute Gasteiger partial charge is 0.361 e. The third-order valence-corrected chi connectivity index (χ3v) is 2.19. The van der Waals surface area contributed by atoms with E-state index in [4.69, 9.17) is 4.74 Å². The lowest BCUT2D eigenvalue weighted by atomic mass is 9.95. The van der Waals surface area contributed by atoms with Gasteiger partial charge in [-0.1, -0.05) is 0 Å². The van der Waals surface area contributed by atoms with Crippen LogP contribution in [0.3, 0.4) is 0 Å². The van der Waals surface area contributed by atoms with Gasteiger partial charge >= 0.3 is 0 Å². The lowest BCUT2D eigenvalue weighted by Crippen LogP contribution is -2.28. The molecular formula is C6H10O3. The molecule has 3 heteroatoms. The van der Waals surface area contributed by atoms with Crippen molar-refractivity contribution in [2.75, 3.05) is 0 Å². The van der Waals surface area contributed by atoms with Crippen molar-refractivity contribution in [1.82, 2.24) is 0 Å². The van der Waals surface area contributed by atoms with Crippen molar-refractivity contribution < 1.29 is 14.9 Å². The molecule has 0 bridgehead atoms. The van der Waals surface area contributed by atoms with Crippen LogP contribution >= 0.6 is 0 Å². The Morgan fingerprint density at radius 1 is 1.00 bits per heavy atom. The summed E-state index contributed by atoms with van der Waals surface area (Å²) in [6, 6.07) is 0. The van der Waals surface area contributed by atoms with Gasteiger partial charge in [0.2, 0.25) is 11.6 Å². The Bertz CT molecular complexity index is 123. The Morgan fingerprint density at radius 3 is 1.78 bits per heavy atom. The van der Waals surface area contributed by atoms with E-state index in [1.54, 1.807) is 0 Å². The topological polar surface area (TPSA) is 53.0 Å². The molecular weight excluding hydrogens is 120 g/mol. The van der Waals surface area contributed by atoms with Crippen LogP contribution in [-0.4, -0.2) is 21.8 Å². The van der Waals surface area contributed by atoms with Crippen LogP contribution in [0.25, 0.3) is 0 Å². The maximum atomic E-state index is 9.24. The van der Waals surface area contributed by atoms with Gasteiger partial charge in [0.05, 0.1) is 0 Å².